The Bertz CT molecular complexity index is 720. The van der Waals surface area contributed by atoms with Gasteiger partial charge in [0.2, 0.25) is 0 Å². The summed E-state index contributed by atoms with van der Waals surface area (Å²) in [7, 11) is 1.85. The summed E-state index contributed by atoms with van der Waals surface area (Å²) in [6.45, 7) is 4.08. The molecular weight excluding hydrogens is 326 g/mol. The molecule has 26 heavy (non-hydrogen) atoms. The summed E-state index contributed by atoms with van der Waals surface area (Å²) in [6, 6.07) is 15.8. The molecule has 0 radical (unpaired) electrons. The van der Waals surface area contributed by atoms with Gasteiger partial charge in [0, 0.05) is 25.8 Å². The summed E-state index contributed by atoms with van der Waals surface area (Å²) < 4.78 is 11.3. The molecule has 1 aliphatic rings. The number of hydrogen-bond donors (Lipinski definition) is 0. The molecule has 2 aromatic carbocycles. The number of rotatable bonds is 6. The monoisotopic (exact) mass is 353 g/mol. The molecular formula is C22H27NO3. The van der Waals surface area contributed by atoms with Crippen molar-refractivity contribution in [3.05, 3.63) is 54.1 Å². The minimum absolute atomic E-state index is 0.0359. The number of carbonyl (C=O) groups is 1. The Hall–Kier alpha value is -2.33. The van der Waals surface area contributed by atoms with Crippen molar-refractivity contribution in [1.82, 2.24) is 4.90 Å². The molecule has 2 aromatic rings. The van der Waals surface area contributed by atoms with Gasteiger partial charge in [-0.1, -0.05) is 24.3 Å². The Morgan fingerprint density at radius 1 is 1.15 bits per heavy atom. The first-order chi connectivity index (χ1) is 12.7. The normalized spacial score (nSPS) is 16.9. The molecule has 1 atom stereocenters. The predicted octanol–water partition coefficient (Wildman–Crippen LogP) is 4.39. The van der Waals surface area contributed by atoms with E-state index >= 15 is 0 Å². The minimum atomic E-state index is 0.0359. The molecule has 0 unspecified atom stereocenters. The van der Waals surface area contributed by atoms with Crippen LogP contribution in [0.2, 0.25) is 0 Å². The Kier molecular flexibility index (Phi) is 6.29. The Morgan fingerprint density at radius 3 is 2.65 bits per heavy atom. The van der Waals surface area contributed by atoms with Crippen molar-refractivity contribution in [3.8, 4) is 16.9 Å². The van der Waals surface area contributed by atoms with Crippen LogP contribution in [0.5, 0.6) is 5.75 Å². The fourth-order valence-electron chi connectivity index (χ4n) is 3.30. The third-order valence-corrected chi connectivity index (χ3v) is 4.71. The smallest absolute Gasteiger partial charge is 0.253 e. The molecule has 0 aromatic heterocycles. The van der Waals surface area contributed by atoms with Crippen LogP contribution in [0, 0.1) is 0 Å². The van der Waals surface area contributed by atoms with Gasteiger partial charge in [0.05, 0.1) is 12.7 Å². The molecule has 4 nitrogen and oxygen atoms in total. The van der Waals surface area contributed by atoms with E-state index in [0.29, 0.717) is 18.7 Å². The fourth-order valence-corrected chi connectivity index (χ4v) is 3.30. The van der Waals surface area contributed by atoms with Crippen LogP contribution in [0.3, 0.4) is 0 Å². The second kappa shape index (κ2) is 8.86. The van der Waals surface area contributed by atoms with Crippen molar-refractivity contribution < 1.29 is 14.3 Å². The Balaban J connectivity index is 1.66. The maximum absolute atomic E-state index is 12.7. The molecule has 0 saturated carbocycles. The number of amides is 1. The maximum atomic E-state index is 12.7. The van der Waals surface area contributed by atoms with Crippen LogP contribution >= 0.6 is 0 Å². The quantitative estimate of drug-likeness (QED) is 0.773. The van der Waals surface area contributed by atoms with Crippen molar-refractivity contribution in [2.24, 2.45) is 0 Å². The first kappa shape index (κ1) is 18.5. The molecule has 1 saturated heterocycles. The van der Waals surface area contributed by atoms with Gasteiger partial charge in [0.15, 0.2) is 0 Å². The zero-order valence-electron chi connectivity index (χ0n) is 15.6. The zero-order chi connectivity index (χ0) is 18.4. The van der Waals surface area contributed by atoms with E-state index in [1.165, 1.54) is 6.42 Å². The van der Waals surface area contributed by atoms with Crippen molar-refractivity contribution in [2.45, 2.75) is 32.3 Å². The average molecular weight is 353 g/mol. The first-order valence-corrected chi connectivity index (χ1v) is 9.37. The summed E-state index contributed by atoms with van der Waals surface area (Å²) in [4.78, 5) is 14.4. The van der Waals surface area contributed by atoms with Crippen LogP contribution in [0.15, 0.2) is 48.5 Å². The van der Waals surface area contributed by atoms with E-state index in [4.69, 9.17) is 9.47 Å². The van der Waals surface area contributed by atoms with E-state index in [-0.39, 0.29) is 12.0 Å². The highest BCUT2D eigenvalue weighted by atomic mass is 16.5. The van der Waals surface area contributed by atoms with E-state index in [1.807, 2.05) is 62.5 Å². The topological polar surface area (TPSA) is 38.8 Å². The molecule has 1 amide bonds. The summed E-state index contributed by atoms with van der Waals surface area (Å²) in [5.74, 6) is 0.895. The van der Waals surface area contributed by atoms with Gasteiger partial charge in [0.1, 0.15) is 5.75 Å². The molecule has 0 N–H and O–H groups in total. The minimum Gasteiger partial charge on any atom is -0.494 e. The lowest BCUT2D eigenvalue weighted by molar-refractivity contribution is -0.000186. The van der Waals surface area contributed by atoms with Crippen molar-refractivity contribution >= 4 is 5.91 Å². The van der Waals surface area contributed by atoms with E-state index < -0.39 is 0 Å². The van der Waals surface area contributed by atoms with Crippen molar-refractivity contribution in [2.75, 3.05) is 26.8 Å². The molecule has 1 aliphatic heterocycles. The number of likely N-dealkylation sites (N-methyl/N-ethyl adjacent to an activating group) is 1. The lowest BCUT2D eigenvalue weighted by Crippen LogP contribution is -2.37. The SMILES string of the molecule is CCOc1cccc(-c2ccc(C(=O)N(C)C[C@H]3CCCCO3)cc2)c1. The number of nitrogens with zero attached hydrogens (tertiary/aromatic N) is 1. The van der Waals surface area contributed by atoms with Gasteiger partial charge in [-0.05, 0) is 61.6 Å². The number of carbonyl (C=O) groups excluding carboxylic acids is 1. The van der Waals surface area contributed by atoms with Gasteiger partial charge in [-0.15, -0.1) is 0 Å². The van der Waals surface area contributed by atoms with Gasteiger partial charge in [-0.3, -0.25) is 4.79 Å². The third kappa shape index (κ3) is 4.64. The second-order valence-corrected chi connectivity index (χ2v) is 6.71. The molecule has 4 heteroatoms. The van der Waals surface area contributed by atoms with Crippen molar-refractivity contribution in [1.29, 1.82) is 0 Å². The molecule has 0 spiro atoms. The highest BCUT2D eigenvalue weighted by Gasteiger charge is 2.19. The lowest BCUT2D eigenvalue weighted by Gasteiger charge is -2.27. The average Bonchev–Trinajstić information content (AvgIpc) is 2.69. The summed E-state index contributed by atoms with van der Waals surface area (Å²) in [5.41, 5.74) is 2.85. The molecule has 1 heterocycles. The van der Waals surface area contributed by atoms with E-state index in [9.17, 15) is 4.79 Å². The zero-order valence-corrected chi connectivity index (χ0v) is 15.6. The van der Waals surface area contributed by atoms with Gasteiger partial charge in [0.25, 0.3) is 5.91 Å². The molecule has 0 aliphatic carbocycles. The van der Waals surface area contributed by atoms with Gasteiger partial charge < -0.3 is 14.4 Å². The summed E-state index contributed by atoms with van der Waals surface area (Å²) >= 11 is 0. The standard InChI is InChI=1S/C22H27NO3/c1-3-25-20-9-6-7-19(15-20)17-10-12-18(13-11-17)22(24)23(2)16-21-8-4-5-14-26-21/h6-7,9-13,15,21H,3-5,8,14,16H2,1-2H3/t21-/m1/s1. The second-order valence-electron chi connectivity index (χ2n) is 6.71. The van der Waals surface area contributed by atoms with Crippen LogP contribution in [-0.4, -0.2) is 43.7 Å². The Labute approximate surface area is 155 Å². The van der Waals surface area contributed by atoms with Crippen LogP contribution < -0.4 is 4.74 Å². The van der Waals surface area contributed by atoms with Crippen LogP contribution in [-0.2, 0) is 4.74 Å². The van der Waals surface area contributed by atoms with Crippen LogP contribution in [0.25, 0.3) is 11.1 Å². The van der Waals surface area contributed by atoms with E-state index in [0.717, 1.165) is 36.3 Å². The fraction of sp³-hybridized carbons (Fsp3) is 0.409. The highest BCUT2D eigenvalue weighted by molar-refractivity contribution is 5.94. The van der Waals surface area contributed by atoms with Crippen LogP contribution in [0.1, 0.15) is 36.5 Å². The summed E-state index contributed by atoms with van der Waals surface area (Å²) in [6.07, 6.45) is 3.51. The van der Waals surface area contributed by atoms with E-state index in [1.54, 1.807) is 4.90 Å². The molecule has 0 bridgehead atoms. The van der Waals surface area contributed by atoms with E-state index in [2.05, 4.69) is 0 Å². The summed E-state index contributed by atoms with van der Waals surface area (Å²) in [5, 5.41) is 0. The predicted molar refractivity (Wildman–Crippen MR) is 104 cm³/mol. The molecule has 1 fully saturated rings. The Morgan fingerprint density at radius 2 is 1.96 bits per heavy atom. The lowest BCUT2D eigenvalue weighted by atomic mass is 10.0. The maximum Gasteiger partial charge on any atom is 0.253 e. The highest BCUT2D eigenvalue weighted by Crippen LogP contribution is 2.24. The number of benzene rings is 2. The van der Waals surface area contributed by atoms with Gasteiger partial charge in [-0.25, -0.2) is 0 Å². The third-order valence-electron chi connectivity index (χ3n) is 4.71. The first-order valence-electron chi connectivity index (χ1n) is 9.37. The largest absolute Gasteiger partial charge is 0.494 e. The molecule has 3 rings (SSSR count). The van der Waals surface area contributed by atoms with Crippen LogP contribution in [0.4, 0.5) is 0 Å². The van der Waals surface area contributed by atoms with Gasteiger partial charge >= 0.3 is 0 Å². The number of ether oxygens (including phenoxy) is 2. The van der Waals surface area contributed by atoms with Crippen molar-refractivity contribution in [3.63, 3.8) is 0 Å². The van der Waals surface area contributed by atoms with Gasteiger partial charge in [-0.2, -0.15) is 0 Å². The molecule has 138 valence electrons. The number of hydrogen-bond acceptors (Lipinski definition) is 3.